The lowest BCUT2D eigenvalue weighted by atomic mass is 9.85. The number of anilines is 1. The number of nitrogens with zero attached hydrogens (tertiary/aromatic N) is 1. The van der Waals surface area contributed by atoms with Crippen molar-refractivity contribution in [3.05, 3.63) is 29.8 Å². The molecule has 0 radical (unpaired) electrons. The third-order valence-corrected chi connectivity index (χ3v) is 3.93. The molecule has 0 amide bonds. The maximum Gasteiger partial charge on any atom is 0.0367 e. The van der Waals surface area contributed by atoms with Crippen LogP contribution < -0.4 is 10.2 Å². The van der Waals surface area contributed by atoms with E-state index in [9.17, 15) is 0 Å². The summed E-state index contributed by atoms with van der Waals surface area (Å²) in [5.41, 5.74) is 3.10. The second kappa shape index (κ2) is 5.31. The number of piperazine rings is 1. The summed E-state index contributed by atoms with van der Waals surface area (Å²) >= 11 is 0. The average molecular weight is 246 g/mol. The molecule has 100 valence electrons. The Labute approximate surface area is 111 Å². The second-order valence-corrected chi connectivity index (χ2v) is 6.34. The van der Waals surface area contributed by atoms with Gasteiger partial charge < -0.3 is 10.2 Å². The number of rotatable bonds is 2. The van der Waals surface area contributed by atoms with E-state index >= 15 is 0 Å². The Morgan fingerprint density at radius 2 is 1.89 bits per heavy atom. The summed E-state index contributed by atoms with van der Waals surface area (Å²) in [5, 5.41) is 3.64. The van der Waals surface area contributed by atoms with E-state index in [4.69, 9.17) is 0 Å². The number of hydrogen-bond donors (Lipinski definition) is 1. The van der Waals surface area contributed by atoms with Gasteiger partial charge in [0.05, 0.1) is 0 Å². The fourth-order valence-corrected chi connectivity index (χ4v) is 2.51. The molecule has 1 atom stereocenters. The van der Waals surface area contributed by atoms with Gasteiger partial charge in [-0.25, -0.2) is 0 Å². The van der Waals surface area contributed by atoms with Crippen LogP contribution in [0.25, 0.3) is 0 Å². The molecule has 1 saturated heterocycles. The molecule has 1 N–H and O–H groups in total. The summed E-state index contributed by atoms with van der Waals surface area (Å²) in [6.45, 7) is 12.4. The van der Waals surface area contributed by atoms with Crippen LogP contribution in [0.5, 0.6) is 0 Å². The SMILES string of the molecule is CCc1ccc(N2CCNC(C(C)(C)C)C2)cc1. The molecular formula is C16H26N2. The van der Waals surface area contributed by atoms with Crippen molar-refractivity contribution in [2.45, 2.75) is 40.2 Å². The molecule has 0 saturated carbocycles. The van der Waals surface area contributed by atoms with Gasteiger partial charge in [0.2, 0.25) is 0 Å². The highest BCUT2D eigenvalue weighted by Crippen LogP contribution is 2.25. The summed E-state index contributed by atoms with van der Waals surface area (Å²) in [6, 6.07) is 9.61. The normalized spacial score (nSPS) is 21.1. The first kappa shape index (κ1) is 13.4. The van der Waals surface area contributed by atoms with Crippen LogP contribution in [0.3, 0.4) is 0 Å². The predicted octanol–water partition coefficient (Wildman–Crippen LogP) is 3.07. The fraction of sp³-hybridized carbons (Fsp3) is 0.625. The third-order valence-electron chi connectivity index (χ3n) is 3.93. The van der Waals surface area contributed by atoms with Gasteiger partial charge in [-0.3, -0.25) is 0 Å². The smallest absolute Gasteiger partial charge is 0.0367 e. The molecule has 0 aliphatic carbocycles. The number of aryl methyl sites for hydroxylation is 1. The van der Waals surface area contributed by atoms with Gasteiger partial charge in [0.1, 0.15) is 0 Å². The number of benzene rings is 1. The molecule has 1 aliphatic rings. The van der Waals surface area contributed by atoms with E-state index in [1.807, 2.05) is 0 Å². The Bertz CT molecular complexity index is 375. The summed E-state index contributed by atoms with van der Waals surface area (Å²) in [5.74, 6) is 0. The summed E-state index contributed by atoms with van der Waals surface area (Å²) in [4.78, 5) is 2.51. The Balaban J connectivity index is 2.08. The highest BCUT2D eigenvalue weighted by atomic mass is 15.2. The minimum Gasteiger partial charge on any atom is -0.369 e. The van der Waals surface area contributed by atoms with Crippen LogP contribution in [0.2, 0.25) is 0 Å². The Hall–Kier alpha value is -1.02. The lowest BCUT2D eigenvalue weighted by molar-refractivity contribution is 0.254. The van der Waals surface area contributed by atoms with E-state index in [0.29, 0.717) is 11.5 Å². The molecule has 2 rings (SSSR count). The van der Waals surface area contributed by atoms with Crippen LogP contribution in [0.4, 0.5) is 5.69 Å². The van der Waals surface area contributed by atoms with Crippen molar-refractivity contribution in [2.24, 2.45) is 5.41 Å². The lowest BCUT2D eigenvalue weighted by Gasteiger charge is -2.41. The lowest BCUT2D eigenvalue weighted by Crippen LogP contribution is -2.56. The Morgan fingerprint density at radius 3 is 2.44 bits per heavy atom. The van der Waals surface area contributed by atoms with Crippen molar-refractivity contribution in [1.82, 2.24) is 5.32 Å². The van der Waals surface area contributed by atoms with Crippen molar-refractivity contribution in [1.29, 1.82) is 0 Å². The van der Waals surface area contributed by atoms with Crippen molar-refractivity contribution in [2.75, 3.05) is 24.5 Å². The van der Waals surface area contributed by atoms with Gasteiger partial charge in [-0.1, -0.05) is 39.8 Å². The number of hydrogen-bond acceptors (Lipinski definition) is 2. The zero-order valence-corrected chi connectivity index (χ0v) is 12.2. The molecule has 1 aliphatic heterocycles. The maximum atomic E-state index is 3.64. The van der Waals surface area contributed by atoms with Crippen LogP contribution >= 0.6 is 0 Å². The first-order valence-electron chi connectivity index (χ1n) is 7.08. The van der Waals surface area contributed by atoms with Crippen LogP contribution in [-0.4, -0.2) is 25.7 Å². The molecule has 0 bridgehead atoms. The van der Waals surface area contributed by atoms with E-state index < -0.39 is 0 Å². The van der Waals surface area contributed by atoms with Gasteiger partial charge in [-0.2, -0.15) is 0 Å². The third kappa shape index (κ3) is 3.05. The van der Waals surface area contributed by atoms with Crippen molar-refractivity contribution in [3.63, 3.8) is 0 Å². The summed E-state index contributed by atoms with van der Waals surface area (Å²) in [7, 11) is 0. The molecule has 0 spiro atoms. The van der Waals surface area contributed by atoms with E-state index in [1.165, 1.54) is 11.3 Å². The highest BCUT2D eigenvalue weighted by Gasteiger charge is 2.29. The standard InChI is InChI=1S/C16H26N2/c1-5-13-6-8-14(9-7-13)18-11-10-17-15(12-18)16(2,3)4/h6-9,15,17H,5,10-12H2,1-4H3. The van der Waals surface area contributed by atoms with E-state index in [-0.39, 0.29) is 0 Å². The van der Waals surface area contributed by atoms with Crippen LogP contribution in [0.15, 0.2) is 24.3 Å². The minimum atomic E-state index is 0.321. The quantitative estimate of drug-likeness (QED) is 0.862. The number of nitrogens with one attached hydrogen (secondary N) is 1. The monoisotopic (exact) mass is 246 g/mol. The van der Waals surface area contributed by atoms with E-state index in [0.717, 1.165) is 26.1 Å². The minimum absolute atomic E-state index is 0.321. The van der Waals surface area contributed by atoms with Crippen LogP contribution in [0, 0.1) is 5.41 Å². The molecule has 18 heavy (non-hydrogen) atoms. The maximum absolute atomic E-state index is 3.64. The largest absolute Gasteiger partial charge is 0.369 e. The van der Waals surface area contributed by atoms with Gasteiger partial charge >= 0.3 is 0 Å². The fourth-order valence-electron chi connectivity index (χ4n) is 2.51. The molecule has 2 heteroatoms. The Kier molecular flexibility index (Phi) is 3.96. The Morgan fingerprint density at radius 1 is 1.22 bits per heavy atom. The zero-order chi connectivity index (χ0) is 13.2. The molecule has 1 aromatic rings. The molecule has 1 unspecified atom stereocenters. The van der Waals surface area contributed by atoms with Crippen LogP contribution in [-0.2, 0) is 6.42 Å². The zero-order valence-electron chi connectivity index (χ0n) is 12.2. The van der Waals surface area contributed by atoms with Gasteiger partial charge in [0.15, 0.2) is 0 Å². The summed E-state index contributed by atoms with van der Waals surface area (Å²) < 4.78 is 0. The van der Waals surface area contributed by atoms with E-state index in [2.05, 4.69) is 62.2 Å². The first-order chi connectivity index (χ1) is 8.50. The highest BCUT2D eigenvalue weighted by molar-refractivity contribution is 5.48. The molecule has 1 heterocycles. The molecule has 0 aromatic heterocycles. The van der Waals surface area contributed by atoms with Gasteiger partial charge in [-0.15, -0.1) is 0 Å². The second-order valence-electron chi connectivity index (χ2n) is 6.34. The van der Waals surface area contributed by atoms with Gasteiger partial charge in [0.25, 0.3) is 0 Å². The van der Waals surface area contributed by atoms with Crippen molar-refractivity contribution < 1.29 is 0 Å². The molecular weight excluding hydrogens is 220 g/mol. The first-order valence-corrected chi connectivity index (χ1v) is 7.08. The average Bonchev–Trinajstić information content (AvgIpc) is 2.38. The van der Waals surface area contributed by atoms with Crippen molar-refractivity contribution in [3.8, 4) is 0 Å². The van der Waals surface area contributed by atoms with Crippen molar-refractivity contribution >= 4 is 5.69 Å². The predicted molar refractivity (Wildman–Crippen MR) is 79.3 cm³/mol. The molecule has 1 aromatic carbocycles. The molecule has 2 nitrogen and oxygen atoms in total. The van der Waals surface area contributed by atoms with Crippen LogP contribution in [0.1, 0.15) is 33.3 Å². The summed E-state index contributed by atoms with van der Waals surface area (Å²) in [6.07, 6.45) is 1.12. The molecule has 1 fully saturated rings. The van der Waals surface area contributed by atoms with Gasteiger partial charge in [-0.05, 0) is 29.5 Å². The topological polar surface area (TPSA) is 15.3 Å². The van der Waals surface area contributed by atoms with Gasteiger partial charge in [0, 0.05) is 31.4 Å². The van der Waals surface area contributed by atoms with E-state index in [1.54, 1.807) is 0 Å².